The molecule has 16 heteroatoms. The van der Waals surface area contributed by atoms with E-state index >= 15 is 0 Å². The van der Waals surface area contributed by atoms with E-state index in [0.29, 0.717) is 17.4 Å². The van der Waals surface area contributed by atoms with Crippen molar-refractivity contribution in [2.45, 2.75) is 221 Å². The number of ketones is 4. The van der Waals surface area contributed by atoms with Crippen molar-refractivity contribution in [3.63, 3.8) is 0 Å². The van der Waals surface area contributed by atoms with Crippen LogP contribution in [0.3, 0.4) is 0 Å². The SMILES string of the molecule is C.CC(=O)C(=C(C)O)c1ccccc1.CC(=O)C=C(C)O.CC(C)(C)C(=O)C=C(O)C(C)(C)C.CC(C)(C)C(=O)C=C(O)C(C)(C)C.Cc1[c-]c(-c2cc(CC(C)C)c3ccccc3n2)cc(C)c1.Cc1[c-]c(-c2ccc3c(CC(C)C)cccc3n2)cc(C)c1.Cc1[c-]c(-c2ccc3ccccc3n2)cc(C)c1.Cc1cc(C)cc(-c2cnc(-c3[c-]cccc3)cc2C)c1.[Ir].[Ir].[Ir].[Ir]. The fourth-order valence-corrected chi connectivity index (χ4v) is 13.7. The molecule has 134 heavy (non-hydrogen) atoms. The minimum atomic E-state index is -0.417. The summed E-state index contributed by atoms with van der Waals surface area (Å²) >= 11 is 0. The molecule has 0 atom stereocenters. The Kier molecular flexibility index (Phi) is 51.2. The van der Waals surface area contributed by atoms with Crippen molar-refractivity contribution in [3.8, 4) is 56.2 Å². The fourth-order valence-electron chi connectivity index (χ4n) is 13.7. The van der Waals surface area contributed by atoms with E-state index in [-0.39, 0.29) is 145 Å². The number of rotatable bonds is 14. The van der Waals surface area contributed by atoms with Gasteiger partial charge >= 0.3 is 0 Å². The average molecular weight is 2510 g/mol. The molecule has 9 aromatic carbocycles. The number of hydrogen-bond acceptors (Lipinski definition) is 12. The normalized spacial score (nSPS) is 11.4. The van der Waals surface area contributed by atoms with E-state index < -0.39 is 10.8 Å². The molecule has 4 radical (unpaired) electrons. The van der Waals surface area contributed by atoms with Crippen molar-refractivity contribution in [2.24, 2.45) is 33.5 Å². The fraction of sp³-hybridized carbons (Fsp3) is 0.322. The van der Waals surface area contributed by atoms with Gasteiger partial charge in [-0.25, -0.2) is 0 Å². The first-order chi connectivity index (χ1) is 60.3. The number of aryl methyl sites for hydroxylation is 9. The van der Waals surface area contributed by atoms with Gasteiger partial charge in [0.05, 0.1) is 27.9 Å². The van der Waals surface area contributed by atoms with Gasteiger partial charge in [0.1, 0.15) is 17.3 Å². The second-order valence-corrected chi connectivity index (χ2v) is 38.3. The van der Waals surface area contributed by atoms with E-state index in [1.54, 1.807) is 12.1 Å². The van der Waals surface area contributed by atoms with Crippen molar-refractivity contribution < 1.29 is 120 Å². The molecule has 4 aromatic heterocycles. The van der Waals surface area contributed by atoms with Crippen LogP contribution in [-0.2, 0) is 112 Å². The molecule has 0 saturated heterocycles. The number of para-hydroxylation sites is 2. The third-order valence-corrected chi connectivity index (χ3v) is 20.1. The van der Waals surface area contributed by atoms with Crippen molar-refractivity contribution in [3.05, 3.63) is 351 Å². The molecule has 4 N–H and O–H groups in total. The molecule has 0 aliphatic carbocycles. The van der Waals surface area contributed by atoms with Crippen LogP contribution < -0.4 is 0 Å². The van der Waals surface area contributed by atoms with Gasteiger partial charge in [-0.05, 0) is 147 Å². The summed E-state index contributed by atoms with van der Waals surface area (Å²) in [5.74, 6) is 1.37. The molecule has 0 spiro atoms. The van der Waals surface area contributed by atoms with Gasteiger partial charge in [-0.1, -0.05) is 304 Å². The zero-order valence-electron chi connectivity index (χ0n) is 83.1. The predicted octanol–water partition coefficient (Wildman–Crippen LogP) is 30.9. The largest absolute Gasteiger partial charge is 0.512 e. The Morgan fingerprint density at radius 3 is 1.22 bits per heavy atom. The van der Waals surface area contributed by atoms with Gasteiger partial charge in [-0.15, -0.1) is 141 Å². The first-order valence-corrected chi connectivity index (χ1v) is 44.2. The van der Waals surface area contributed by atoms with Crippen LogP contribution in [0.4, 0.5) is 0 Å². The van der Waals surface area contributed by atoms with Crippen molar-refractivity contribution in [1.29, 1.82) is 0 Å². The number of benzene rings is 9. The predicted molar refractivity (Wildman–Crippen MR) is 547 cm³/mol. The molecule has 12 nitrogen and oxygen atoms in total. The standard InChI is InChI=1S/2C21H22N.C20H18N.C17H14N.C11H12O2.2C11H20O2.C5H8O2.CH4.4Ir/c1-14(2)10-17-6-5-7-21-19(17)8-9-20(22-21)18-12-15(3)11-16(4)13-18;1-14(2)9-17-13-21(18-11-15(3)10-16(4)12-18)22-20-8-6-5-7-19(17)20;1-14-9-15(2)11-18(10-14)19-13-21-20(12-16(19)3)17-7-5-4-6-8-17;1-12-9-13(2)11-15(10-12)17-8-7-14-5-3-4-6-16(14)18-17;1-8(12)11(9(2)13)10-6-4-3-5-7-10;2*1-10(2,3)8(12)7-9(13)11(4,5)6;1-4(6)3-5(2)7;;;;;/h5-9,11-12,14H,10H2,1-4H3;5-8,10-11,13-14H,9H2,1-4H3;4-7,9-13H,1-3H3;3-10H,1-2H3;3-7,12H,1-2H3;2*7,12H,1-6H3;3,6H,1-2H3;1H4;;;;/q4*-1;;;;;;;;;. The van der Waals surface area contributed by atoms with E-state index in [2.05, 4.69) is 259 Å². The maximum Gasteiger partial charge on any atom is 0.164 e. The maximum absolute atomic E-state index is 11.5. The quantitative estimate of drug-likeness (QED) is 0.0457. The van der Waals surface area contributed by atoms with Crippen LogP contribution >= 0.6 is 0 Å². The Hall–Kier alpha value is -10.2. The third-order valence-electron chi connectivity index (χ3n) is 20.1. The Labute approximate surface area is 855 Å². The summed E-state index contributed by atoms with van der Waals surface area (Å²) < 4.78 is 0. The van der Waals surface area contributed by atoms with Crippen molar-refractivity contribution >= 4 is 61.4 Å². The second kappa shape index (κ2) is 56.4. The van der Waals surface area contributed by atoms with Gasteiger partial charge in [0, 0.05) is 143 Å². The number of hydrogen-bond donors (Lipinski definition) is 4. The van der Waals surface area contributed by atoms with E-state index in [9.17, 15) is 34.5 Å². The third kappa shape index (κ3) is 40.8. The first kappa shape index (κ1) is 122. The molecule has 0 fully saturated rings. The molecule has 0 bridgehead atoms. The van der Waals surface area contributed by atoms with Crippen LogP contribution in [0.5, 0.6) is 0 Å². The summed E-state index contributed by atoms with van der Waals surface area (Å²) in [6, 6.07) is 86.0. The molecule has 0 aliphatic heterocycles. The summed E-state index contributed by atoms with van der Waals surface area (Å²) in [6.45, 7) is 56.1. The minimum absolute atomic E-state index is 0. The molecule has 13 aromatic rings. The van der Waals surface area contributed by atoms with E-state index in [1.807, 2.05) is 150 Å². The summed E-state index contributed by atoms with van der Waals surface area (Å²) in [4.78, 5) is 63.2. The average Bonchev–Trinajstić information content (AvgIpc) is 0.807. The maximum atomic E-state index is 11.5. The molecule has 0 saturated carbocycles. The monoisotopic (exact) mass is 2510 g/mol. The Morgan fingerprint density at radius 2 is 0.799 bits per heavy atom. The van der Waals surface area contributed by atoms with E-state index in [0.717, 1.165) is 96.7 Å². The van der Waals surface area contributed by atoms with Crippen molar-refractivity contribution in [1.82, 2.24) is 19.9 Å². The number of allylic oxidation sites excluding steroid dienone is 8. The van der Waals surface area contributed by atoms with Gasteiger partial charge in [0.25, 0.3) is 0 Å². The number of nitrogens with zero attached hydrogens (tertiary/aromatic N) is 4. The van der Waals surface area contributed by atoms with Gasteiger partial charge in [0.15, 0.2) is 23.1 Å². The van der Waals surface area contributed by atoms with Crippen LogP contribution in [0.1, 0.15) is 213 Å². The number of carbonyl (C=O) groups excluding carboxylic acids is 4. The molecule has 720 valence electrons. The zero-order valence-corrected chi connectivity index (χ0v) is 92.7. The number of aliphatic hydroxyl groups excluding tert-OH is 4. The van der Waals surface area contributed by atoms with Gasteiger partial charge in [0.2, 0.25) is 0 Å². The Bertz CT molecular complexity index is 6000. The van der Waals surface area contributed by atoms with Gasteiger partial charge in [-0.2, -0.15) is 0 Å². The van der Waals surface area contributed by atoms with Crippen LogP contribution in [0.25, 0.3) is 94.4 Å². The Morgan fingerprint density at radius 1 is 0.388 bits per heavy atom. The number of pyridine rings is 4. The van der Waals surface area contributed by atoms with Crippen LogP contribution in [0, 0.1) is 120 Å². The molecular formula is C118H140Ir4N4O8-4. The first-order valence-electron chi connectivity index (χ1n) is 44.2. The van der Waals surface area contributed by atoms with Crippen LogP contribution in [0.2, 0.25) is 0 Å². The summed E-state index contributed by atoms with van der Waals surface area (Å²) in [7, 11) is 0. The summed E-state index contributed by atoms with van der Waals surface area (Å²) in [5.41, 5.74) is 27.3. The topological polar surface area (TPSA) is 201 Å². The van der Waals surface area contributed by atoms with Crippen LogP contribution in [-0.4, -0.2) is 63.5 Å². The summed E-state index contributed by atoms with van der Waals surface area (Å²) in [5, 5.41) is 40.5. The van der Waals surface area contributed by atoms with Crippen LogP contribution in [0.15, 0.2) is 260 Å². The smallest absolute Gasteiger partial charge is 0.164 e. The van der Waals surface area contributed by atoms with E-state index in [1.165, 1.54) is 118 Å². The molecule has 0 aliphatic rings. The summed E-state index contributed by atoms with van der Waals surface area (Å²) in [6.07, 6.45) is 7.97. The second-order valence-electron chi connectivity index (χ2n) is 38.3. The van der Waals surface area contributed by atoms with Gasteiger partial charge in [-0.3, -0.25) is 34.1 Å². The van der Waals surface area contributed by atoms with Crippen molar-refractivity contribution in [2.75, 3.05) is 0 Å². The number of Topliss-reactive ketones (excluding diaryl/α,β-unsaturated/α-hetero) is 1. The number of fused-ring (bicyclic) bond motifs is 3. The molecule has 4 heterocycles. The molecule has 0 unspecified atom stereocenters. The minimum Gasteiger partial charge on any atom is -0.512 e. The Balaban J connectivity index is 0.000000776. The number of carbonyl (C=O) groups is 4. The van der Waals surface area contributed by atoms with E-state index in [4.69, 9.17) is 20.1 Å². The zero-order chi connectivity index (χ0) is 96.2. The molecular weight excluding hydrogens is 2370 g/mol. The number of aromatic nitrogens is 4. The number of aliphatic hydroxyl groups is 4. The van der Waals surface area contributed by atoms with Gasteiger partial charge < -0.3 is 25.4 Å². The molecule has 0 amide bonds. The molecule has 13 rings (SSSR count).